The quantitative estimate of drug-likeness (QED) is 0.578. The molecule has 1 aromatic heterocycles. The first kappa shape index (κ1) is 19.8. The number of hydrogen-bond acceptors (Lipinski definition) is 3. The topological polar surface area (TPSA) is 54.3 Å². The first-order valence-electron chi connectivity index (χ1n) is 9.09. The average molecular weight is 384 g/mol. The van der Waals surface area contributed by atoms with Crippen LogP contribution in [-0.2, 0) is 17.8 Å². The fourth-order valence-corrected chi connectivity index (χ4v) is 2.89. The summed E-state index contributed by atoms with van der Waals surface area (Å²) in [6.07, 6.45) is 0.145. The molecule has 2 aromatic carbocycles. The lowest BCUT2D eigenvalue weighted by Crippen LogP contribution is -2.32. The summed E-state index contributed by atoms with van der Waals surface area (Å²) in [4.78, 5) is 11.9. The largest absolute Gasteiger partial charge is 0.460 e. The smallest absolute Gasteiger partial charge is 0.224 e. The van der Waals surface area contributed by atoms with Crippen LogP contribution in [0.4, 0.5) is 8.78 Å². The fourth-order valence-electron chi connectivity index (χ4n) is 2.89. The molecule has 0 unspecified atom stereocenters. The molecule has 3 aromatic rings. The third-order valence-corrected chi connectivity index (χ3v) is 4.37. The van der Waals surface area contributed by atoms with Crippen molar-refractivity contribution in [2.24, 2.45) is 0 Å². The minimum atomic E-state index is -0.349. The predicted octanol–water partition coefficient (Wildman–Crippen LogP) is 3.98. The summed E-state index contributed by atoms with van der Waals surface area (Å²) in [6.45, 7) is 3.22. The Labute approximate surface area is 162 Å². The van der Waals surface area contributed by atoms with E-state index in [-0.39, 0.29) is 24.0 Å². The Bertz CT molecular complexity index is 953. The van der Waals surface area contributed by atoms with Gasteiger partial charge >= 0.3 is 0 Å². The number of hydrogen-bond donors (Lipinski definition) is 2. The van der Waals surface area contributed by atoms with E-state index in [0.717, 1.165) is 11.3 Å². The van der Waals surface area contributed by atoms with Crippen molar-refractivity contribution in [3.8, 4) is 11.3 Å². The van der Waals surface area contributed by atoms with Crippen LogP contribution in [-0.4, -0.2) is 19.0 Å². The number of nitrogens with one attached hydrogen (secondary N) is 2. The van der Waals surface area contributed by atoms with E-state index < -0.39 is 0 Å². The highest BCUT2D eigenvalue weighted by atomic mass is 19.1. The molecule has 3 rings (SSSR count). The Morgan fingerprint density at radius 3 is 2.68 bits per heavy atom. The van der Waals surface area contributed by atoms with Crippen LogP contribution in [0, 0.1) is 18.6 Å². The van der Waals surface area contributed by atoms with Crippen molar-refractivity contribution in [1.29, 1.82) is 0 Å². The number of rotatable bonds is 8. The van der Waals surface area contributed by atoms with Crippen LogP contribution in [0.1, 0.15) is 16.9 Å². The summed E-state index contributed by atoms with van der Waals surface area (Å²) >= 11 is 0. The highest BCUT2D eigenvalue weighted by Crippen LogP contribution is 2.26. The maximum absolute atomic E-state index is 13.7. The van der Waals surface area contributed by atoms with E-state index >= 15 is 0 Å². The van der Waals surface area contributed by atoms with Crippen molar-refractivity contribution >= 4 is 5.91 Å². The molecule has 0 radical (unpaired) electrons. The minimum absolute atomic E-state index is 0.145. The van der Waals surface area contributed by atoms with Crippen molar-refractivity contribution < 1.29 is 18.0 Å². The summed E-state index contributed by atoms with van der Waals surface area (Å²) < 4.78 is 32.6. The van der Waals surface area contributed by atoms with E-state index in [0.29, 0.717) is 36.5 Å². The van der Waals surface area contributed by atoms with Crippen molar-refractivity contribution in [2.45, 2.75) is 19.9 Å². The first-order chi connectivity index (χ1) is 13.5. The number of benzene rings is 2. The molecule has 0 saturated heterocycles. The normalized spacial score (nSPS) is 10.8. The molecule has 1 amide bonds. The highest BCUT2D eigenvalue weighted by Gasteiger charge is 2.10. The molecule has 146 valence electrons. The van der Waals surface area contributed by atoms with Gasteiger partial charge in [0.2, 0.25) is 5.91 Å². The Hall–Kier alpha value is -2.99. The Morgan fingerprint density at radius 2 is 1.86 bits per heavy atom. The second-order valence-corrected chi connectivity index (χ2v) is 6.51. The Kier molecular flexibility index (Phi) is 6.55. The zero-order valence-corrected chi connectivity index (χ0v) is 15.6. The van der Waals surface area contributed by atoms with Crippen molar-refractivity contribution in [3.63, 3.8) is 0 Å². The molecule has 0 aliphatic rings. The average Bonchev–Trinajstić information content (AvgIpc) is 3.12. The molecule has 6 heteroatoms. The molecule has 0 aliphatic carbocycles. The van der Waals surface area contributed by atoms with E-state index in [1.165, 1.54) is 18.2 Å². The summed E-state index contributed by atoms with van der Waals surface area (Å²) in [5.74, 6) is 0.581. The number of amides is 1. The van der Waals surface area contributed by atoms with Gasteiger partial charge < -0.3 is 15.1 Å². The van der Waals surface area contributed by atoms with Crippen LogP contribution in [0.2, 0.25) is 0 Å². The molecule has 28 heavy (non-hydrogen) atoms. The predicted molar refractivity (Wildman–Crippen MR) is 104 cm³/mol. The summed E-state index contributed by atoms with van der Waals surface area (Å²) in [5, 5.41) is 5.96. The van der Waals surface area contributed by atoms with E-state index in [4.69, 9.17) is 4.42 Å². The molecular formula is C22H22F2N2O2. The molecule has 0 spiro atoms. The molecule has 0 aliphatic heterocycles. The van der Waals surface area contributed by atoms with Crippen LogP contribution in [0.25, 0.3) is 11.3 Å². The molecule has 0 atom stereocenters. The summed E-state index contributed by atoms with van der Waals surface area (Å²) in [6, 6.07) is 14.6. The number of carbonyl (C=O) groups is 1. The lowest BCUT2D eigenvalue weighted by molar-refractivity contribution is -0.120. The van der Waals surface area contributed by atoms with E-state index in [1.54, 1.807) is 25.1 Å². The summed E-state index contributed by atoms with van der Waals surface area (Å²) in [7, 11) is 0. The number of furan rings is 1. The lowest BCUT2D eigenvalue weighted by atomic mass is 10.1. The van der Waals surface area contributed by atoms with Crippen molar-refractivity contribution in [1.82, 2.24) is 10.6 Å². The van der Waals surface area contributed by atoms with Crippen LogP contribution in [0.3, 0.4) is 0 Å². The van der Waals surface area contributed by atoms with Gasteiger partial charge in [0, 0.05) is 18.7 Å². The third kappa shape index (κ3) is 5.27. The molecule has 2 N–H and O–H groups in total. The van der Waals surface area contributed by atoms with Crippen molar-refractivity contribution in [3.05, 3.63) is 83.1 Å². The van der Waals surface area contributed by atoms with E-state index in [2.05, 4.69) is 10.6 Å². The van der Waals surface area contributed by atoms with Crippen LogP contribution in [0.5, 0.6) is 0 Å². The molecule has 0 bridgehead atoms. The van der Waals surface area contributed by atoms with Gasteiger partial charge in [-0.1, -0.05) is 24.3 Å². The molecule has 1 heterocycles. The van der Waals surface area contributed by atoms with E-state index in [1.807, 2.05) is 18.2 Å². The standard InChI is InChI=1S/C22H22F2N2O2/c1-15-19(6-3-7-20(15)24)21-9-8-18(28-21)14-25-10-11-26-22(27)13-16-4-2-5-17(23)12-16/h2-9,12,25H,10-11,13-14H2,1H3,(H,26,27). The van der Waals surface area contributed by atoms with Crippen LogP contribution >= 0.6 is 0 Å². The van der Waals surface area contributed by atoms with Gasteiger partial charge in [0.15, 0.2) is 0 Å². The van der Waals surface area contributed by atoms with Gasteiger partial charge in [-0.15, -0.1) is 0 Å². The van der Waals surface area contributed by atoms with Gasteiger partial charge in [-0.25, -0.2) is 8.78 Å². The van der Waals surface area contributed by atoms with Gasteiger partial charge in [0.25, 0.3) is 0 Å². The minimum Gasteiger partial charge on any atom is -0.460 e. The fraction of sp³-hybridized carbons (Fsp3) is 0.227. The zero-order chi connectivity index (χ0) is 19.9. The van der Waals surface area contributed by atoms with Gasteiger partial charge in [-0.2, -0.15) is 0 Å². The monoisotopic (exact) mass is 384 g/mol. The maximum Gasteiger partial charge on any atom is 0.224 e. The van der Waals surface area contributed by atoms with Gasteiger partial charge in [-0.3, -0.25) is 4.79 Å². The number of carbonyl (C=O) groups excluding carboxylic acids is 1. The highest BCUT2D eigenvalue weighted by molar-refractivity contribution is 5.78. The first-order valence-corrected chi connectivity index (χ1v) is 9.09. The Balaban J connectivity index is 1.40. The maximum atomic E-state index is 13.7. The second kappa shape index (κ2) is 9.28. The molecular weight excluding hydrogens is 362 g/mol. The molecule has 4 nitrogen and oxygen atoms in total. The van der Waals surface area contributed by atoms with Crippen LogP contribution < -0.4 is 10.6 Å². The second-order valence-electron chi connectivity index (χ2n) is 6.51. The van der Waals surface area contributed by atoms with Crippen molar-refractivity contribution in [2.75, 3.05) is 13.1 Å². The SMILES string of the molecule is Cc1c(F)cccc1-c1ccc(CNCCNC(=O)Cc2cccc(F)c2)o1. The van der Waals surface area contributed by atoms with Gasteiger partial charge in [0.1, 0.15) is 23.2 Å². The lowest BCUT2D eigenvalue weighted by Gasteiger charge is -2.07. The Morgan fingerprint density at radius 1 is 1.04 bits per heavy atom. The third-order valence-electron chi connectivity index (χ3n) is 4.37. The summed E-state index contributed by atoms with van der Waals surface area (Å²) in [5.41, 5.74) is 1.93. The molecule has 0 fully saturated rings. The van der Waals surface area contributed by atoms with Gasteiger partial charge in [-0.05, 0) is 48.4 Å². The molecule has 0 saturated carbocycles. The van der Waals surface area contributed by atoms with E-state index in [9.17, 15) is 13.6 Å². The number of halogens is 2. The van der Waals surface area contributed by atoms with Gasteiger partial charge in [0.05, 0.1) is 13.0 Å². The zero-order valence-electron chi connectivity index (χ0n) is 15.6. The van der Waals surface area contributed by atoms with Crippen LogP contribution in [0.15, 0.2) is 59.0 Å².